The standard InChI is InChI=1S/C13H12N2O4S/c1-19-13(18)7-3-2-6-8(15-7)11(17)9-12(10(6)16)20-5-4-14-9/h2-3,13-14,18H,4-5H2,1H3. The number of carbonyl (C=O) groups is 2. The first-order valence-corrected chi connectivity index (χ1v) is 7.04. The summed E-state index contributed by atoms with van der Waals surface area (Å²) in [4.78, 5) is 29.3. The number of carbonyl (C=O) groups excluding carboxylic acids is 2. The molecule has 104 valence electrons. The number of ketones is 2. The Kier molecular flexibility index (Phi) is 3.33. The molecular weight excluding hydrogens is 280 g/mol. The Hall–Kier alpha value is -1.70. The lowest BCUT2D eigenvalue weighted by atomic mass is 9.96. The molecule has 0 fully saturated rings. The molecule has 1 aromatic rings. The number of rotatable bonds is 2. The van der Waals surface area contributed by atoms with Gasteiger partial charge < -0.3 is 15.2 Å². The van der Waals surface area contributed by atoms with Crippen molar-refractivity contribution in [1.29, 1.82) is 0 Å². The van der Waals surface area contributed by atoms with Crippen LogP contribution in [0.5, 0.6) is 0 Å². The Morgan fingerprint density at radius 3 is 2.95 bits per heavy atom. The number of hydrogen-bond donors (Lipinski definition) is 2. The van der Waals surface area contributed by atoms with Crippen molar-refractivity contribution in [2.24, 2.45) is 0 Å². The molecule has 1 aromatic heterocycles. The smallest absolute Gasteiger partial charge is 0.229 e. The van der Waals surface area contributed by atoms with Crippen molar-refractivity contribution in [2.45, 2.75) is 6.29 Å². The molecule has 6 nitrogen and oxygen atoms in total. The summed E-state index contributed by atoms with van der Waals surface area (Å²) in [7, 11) is 1.33. The molecule has 3 rings (SSSR count). The van der Waals surface area contributed by atoms with E-state index in [4.69, 9.17) is 4.74 Å². The molecule has 0 saturated carbocycles. The highest BCUT2D eigenvalue weighted by Crippen LogP contribution is 2.33. The molecule has 0 spiro atoms. The van der Waals surface area contributed by atoms with Crippen LogP contribution in [0.2, 0.25) is 0 Å². The van der Waals surface area contributed by atoms with E-state index in [1.807, 2.05) is 0 Å². The van der Waals surface area contributed by atoms with E-state index in [9.17, 15) is 14.7 Å². The lowest BCUT2D eigenvalue weighted by molar-refractivity contribution is -0.0799. The molecule has 1 aliphatic carbocycles. The normalized spacial score (nSPS) is 19.3. The first kappa shape index (κ1) is 13.3. The van der Waals surface area contributed by atoms with Crippen LogP contribution >= 0.6 is 11.8 Å². The fraction of sp³-hybridized carbons (Fsp3) is 0.308. The summed E-state index contributed by atoms with van der Waals surface area (Å²) in [6, 6.07) is 3.00. The van der Waals surface area contributed by atoms with Gasteiger partial charge in [0.25, 0.3) is 0 Å². The number of aliphatic hydroxyl groups is 1. The third-order valence-electron chi connectivity index (χ3n) is 3.16. The van der Waals surface area contributed by atoms with E-state index in [0.29, 0.717) is 17.1 Å². The highest BCUT2D eigenvalue weighted by atomic mass is 32.2. The zero-order chi connectivity index (χ0) is 14.3. The van der Waals surface area contributed by atoms with Gasteiger partial charge in [-0.05, 0) is 12.1 Å². The third-order valence-corrected chi connectivity index (χ3v) is 4.25. The van der Waals surface area contributed by atoms with Gasteiger partial charge in [-0.3, -0.25) is 9.59 Å². The summed E-state index contributed by atoms with van der Waals surface area (Å²) in [5.74, 6) is 0.242. The van der Waals surface area contributed by atoms with Crippen LogP contribution in [0.15, 0.2) is 22.7 Å². The van der Waals surface area contributed by atoms with Gasteiger partial charge in [0, 0.05) is 19.4 Å². The van der Waals surface area contributed by atoms with E-state index in [1.54, 1.807) is 0 Å². The molecule has 20 heavy (non-hydrogen) atoms. The highest BCUT2D eigenvalue weighted by molar-refractivity contribution is 8.04. The molecule has 0 radical (unpaired) electrons. The van der Waals surface area contributed by atoms with Crippen molar-refractivity contribution in [3.8, 4) is 0 Å². The second-order valence-corrected chi connectivity index (χ2v) is 5.46. The average Bonchev–Trinajstić information content (AvgIpc) is 2.51. The summed E-state index contributed by atoms with van der Waals surface area (Å²) in [6.45, 7) is 0.637. The Balaban J connectivity index is 2.10. The first-order valence-electron chi connectivity index (χ1n) is 6.05. The van der Waals surface area contributed by atoms with Crippen molar-refractivity contribution in [1.82, 2.24) is 10.3 Å². The van der Waals surface area contributed by atoms with Gasteiger partial charge in [-0.15, -0.1) is 11.8 Å². The van der Waals surface area contributed by atoms with E-state index in [2.05, 4.69) is 10.3 Å². The van der Waals surface area contributed by atoms with Gasteiger partial charge in [-0.25, -0.2) is 4.98 Å². The van der Waals surface area contributed by atoms with E-state index in [-0.39, 0.29) is 28.5 Å². The van der Waals surface area contributed by atoms with Crippen molar-refractivity contribution in [3.63, 3.8) is 0 Å². The highest BCUT2D eigenvalue weighted by Gasteiger charge is 2.35. The molecule has 0 saturated heterocycles. The summed E-state index contributed by atoms with van der Waals surface area (Å²) < 4.78 is 4.76. The summed E-state index contributed by atoms with van der Waals surface area (Å²) in [5, 5.41) is 12.6. The monoisotopic (exact) mass is 292 g/mol. The van der Waals surface area contributed by atoms with Crippen molar-refractivity contribution >= 4 is 23.3 Å². The van der Waals surface area contributed by atoms with Crippen LogP contribution in [0.3, 0.4) is 0 Å². The minimum absolute atomic E-state index is 0.0670. The van der Waals surface area contributed by atoms with Gasteiger partial charge >= 0.3 is 0 Å². The van der Waals surface area contributed by atoms with E-state index in [1.165, 1.54) is 31.0 Å². The second-order valence-electron chi connectivity index (χ2n) is 4.36. The lowest BCUT2D eigenvalue weighted by Crippen LogP contribution is -2.35. The zero-order valence-corrected chi connectivity index (χ0v) is 11.5. The first-order chi connectivity index (χ1) is 9.63. The predicted molar refractivity (Wildman–Crippen MR) is 72.4 cm³/mol. The van der Waals surface area contributed by atoms with Crippen LogP contribution in [0, 0.1) is 0 Å². The number of nitrogens with one attached hydrogen (secondary N) is 1. The molecule has 2 aliphatic rings. The van der Waals surface area contributed by atoms with E-state index in [0.717, 1.165) is 5.75 Å². The van der Waals surface area contributed by atoms with Crippen molar-refractivity contribution in [3.05, 3.63) is 39.7 Å². The number of fused-ring (bicyclic) bond motifs is 1. The van der Waals surface area contributed by atoms with Crippen LogP contribution in [0.25, 0.3) is 0 Å². The fourth-order valence-electron chi connectivity index (χ4n) is 2.17. The molecular formula is C13H12N2O4S. The summed E-state index contributed by atoms with van der Waals surface area (Å²) >= 11 is 1.38. The number of thioether (sulfide) groups is 1. The third kappa shape index (κ3) is 1.94. The number of Topliss-reactive ketones (excluding diaryl/α,β-unsaturated/α-hetero) is 2. The van der Waals surface area contributed by atoms with Crippen LogP contribution in [0.1, 0.15) is 32.8 Å². The quantitative estimate of drug-likeness (QED) is 0.773. The number of aromatic nitrogens is 1. The SMILES string of the molecule is COC(O)c1ccc2c(n1)C(=O)C1=C(SCCN1)C2=O. The fourth-order valence-corrected chi connectivity index (χ4v) is 3.13. The van der Waals surface area contributed by atoms with Gasteiger partial charge in [0.05, 0.1) is 16.2 Å². The number of aliphatic hydroxyl groups excluding tert-OH is 1. The molecule has 1 unspecified atom stereocenters. The number of ether oxygens (including phenoxy) is 1. The average molecular weight is 292 g/mol. The van der Waals surface area contributed by atoms with Crippen LogP contribution < -0.4 is 5.32 Å². The molecule has 1 atom stereocenters. The molecule has 2 N–H and O–H groups in total. The maximum Gasteiger partial charge on any atom is 0.229 e. The van der Waals surface area contributed by atoms with E-state index >= 15 is 0 Å². The zero-order valence-electron chi connectivity index (χ0n) is 10.7. The van der Waals surface area contributed by atoms with Gasteiger partial charge in [0.15, 0.2) is 6.29 Å². The Labute approximate surface area is 119 Å². The second kappa shape index (κ2) is 5.01. The lowest BCUT2D eigenvalue weighted by Gasteiger charge is -2.25. The van der Waals surface area contributed by atoms with Crippen LogP contribution in [-0.4, -0.2) is 41.1 Å². The molecule has 2 heterocycles. The molecule has 0 aromatic carbocycles. The molecule has 1 aliphatic heterocycles. The minimum Gasteiger partial charge on any atom is -0.380 e. The Bertz CT molecular complexity index is 641. The van der Waals surface area contributed by atoms with Crippen LogP contribution in [-0.2, 0) is 4.74 Å². The molecule has 0 amide bonds. The number of allylic oxidation sites excluding steroid dienone is 2. The number of hydrogen-bond acceptors (Lipinski definition) is 7. The topological polar surface area (TPSA) is 88.5 Å². The van der Waals surface area contributed by atoms with Gasteiger partial charge in [0.1, 0.15) is 11.4 Å². The minimum atomic E-state index is -1.22. The number of methoxy groups -OCH3 is 1. The van der Waals surface area contributed by atoms with Gasteiger partial charge in [0.2, 0.25) is 11.6 Å². The molecule has 7 heteroatoms. The Morgan fingerprint density at radius 1 is 1.40 bits per heavy atom. The maximum atomic E-state index is 12.4. The van der Waals surface area contributed by atoms with Gasteiger partial charge in [-0.2, -0.15) is 0 Å². The number of nitrogens with zero attached hydrogens (tertiary/aromatic N) is 1. The van der Waals surface area contributed by atoms with Gasteiger partial charge in [-0.1, -0.05) is 0 Å². The summed E-state index contributed by atoms with van der Waals surface area (Å²) in [6.07, 6.45) is -1.22. The molecule has 0 bridgehead atoms. The van der Waals surface area contributed by atoms with E-state index < -0.39 is 6.29 Å². The summed E-state index contributed by atoms with van der Waals surface area (Å²) in [5.41, 5.74) is 0.865. The number of pyridine rings is 1. The van der Waals surface area contributed by atoms with Crippen molar-refractivity contribution in [2.75, 3.05) is 19.4 Å². The van der Waals surface area contributed by atoms with Crippen LogP contribution in [0.4, 0.5) is 0 Å². The predicted octanol–water partition coefficient (Wildman–Crippen LogP) is 0.646. The largest absolute Gasteiger partial charge is 0.380 e. The van der Waals surface area contributed by atoms with Crippen molar-refractivity contribution < 1.29 is 19.4 Å². The Morgan fingerprint density at radius 2 is 2.20 bits per heavy atom. The maximum absolute atomic E-state index is 12.4.